The van der Waals surface area contributed by atoms with E-state index in [4.69, 9.17) is 9.84 Å². The lowest BCUT2D eigenvalue weighted by atomic mass is 10.1. The minimum Gasteiger partial charge on any atom is -0.491 e. The quantitative estimate of drug-likeness (QED) is 0.787. The number of carboxylic acid groups (broad SMARTS) is 1. The van der Waals surface area contributed by atoms with Crippen LogP contribution in [0.5, 0.6) is 5.75 Å². The number of carbonyl (C=O) groups is 2. The lowest BCUT2D eigenvalue weighted by Gasteiger charge is -2.20. The third-order valence-corrected chi connectivity index (χ3v) is 4.34. The van der Waals surface area contributed by atoms with Gasteiger partial charge >= 0.3 is 5.97 Å². The molecule has 0 spiro atoms. The van der Waals surface area contributed by atoms with Gasteiger partial charge in [-0.1, -0.05) is 42.5 Å². The average molecular weight is 339 g/mol. The van der Waals surface area contributed by atoms with Crippen molar-refractivity contribution in [2.75, 3.05) is 18.1 Å². The van der Waals surface area contributed by atoms with Crippen molar-refractivity contribution in [3.8, 4) is 5.75 Å². The van der Waals surface area contributed by atoms with Crippen LogP contribution in [-0.4, -0.2) is 30.1 Å². The van der Waals surface area contributed by atoms with Gasteiger partial charge in [0.25, 0.3) is 0 Å². The molecule has 1 unspecified atom stereocenters. The highest BCUT2D eigenvalue weighted by molar-refractivity contribution is 6.00. The van der Waals surface area contributed by atoms with Crippen molar-refractivity contribution < 1.29 is 19.4 Å². The summed E-state index contributed by atoms with van der Waals surface area (Å²) >= 11 is 0. The molecule has 1 aliphatic rings. The van der Waals surface area contributed by atoms with E-state index >= 15 is 0 Å². The van der Waals surface area contributed by atoms with Gasteiger partial charge in [0, 0.05) is 13.0 Å². The fraction of sp³-hybridized carbons (Fsp3) is 0.300. The highest BCUT2D eigenvalue weighted by Gasteiger charge is 2.36. The number of aliphatic carboxylic acids is 1. The van der Waals surface area contributed by atoms with E-state index in [2.05, 4.69) is 12.1 Å². The van der Waals surface area contributed by atoms with Gasteiger partial charge in [0.15, 0.2) is 0 Å². The Morgan fingerprint density at radius 3 is 2.56 bits per heavy atom. The first-order valence-corrected chi connectivity index (χ1v) is 8.44. The van der Waals surface area contributed by atoms with Gasteiger partial charge in [0.1, 0.15) is 5.75 Å². The monoisotopic (exact) mass is 339 g/mol. The van der Waals surface area contributed by atoms with Crippen LogP contribution in [0.25, 0.3) is 0 Å². The molecule has 130 valence electrons. The maximum absolute atomic E-state index is 12.2. The van der Waals surface area contributed by atoms with Crippen LogP contribution in [0, 0.1) is 5.92 Å². The molecule has 0 saturated carbocycles. The van der Waals surface area contributed by atoms with Gasteiger partial charge < -0.3 is 14.7 Å². The van der Waals surface area contributed by atoms with Crippen LogP contribution in [0.2, 0.25) is 0 Å². The van der Waals surface area contributed by atoms with Crippen LogP contribution < -0.4 is 9.64 Å². The molecule has 3 rings (SSSR count). The molecule has 1 N–H and O–H groups in total. The summed E-state index contributed by atoms with van der Waals surface area (Å²) < 4.78 is 5.87. The zero-order chi connectivity index (χ0) is 17.6. The summed E-state index contributed by atoms with van der Waals surface area (Å²) in [7, 11) is 0. The number of benzene rings is 2. The fourth-order valence-corrected chi connectivity index (χ4v) is 3.01. The van der Waals surface area contributed by atoms with Crippen LogP contribution in [0.4, 0.5) is 5.69 Å². The predicted octanol–water partition coefficient (Wildman–Crippen LogP) is 3.14. The Labute approximate surface area is 146 Å². The topological polar surface area (TPSA) is 66.8 Å². The number of hydrogen-bond donors (Lipinski definition) is 1. The van der Waals surface area contributed by atoms with E-state index < -0.39 is 11.9 Å². The minimum atomic E-state index is -0.933. The van der Waals surface area contributed by atoms with Gasteiger partial charge in [-0.05, 0) is 30.5 Å². The number of carbonyl (C=O) groups excluding carboxylic acids is 1. The van der Waals surface area contributed by atoms with Gasteiger partial charge in [0.2, 0.25) is 5.91 Å². The normalized spacial score (nSPS) is 16.9. The first-order chi connectivity index (χ1) is 12.1. The molecule has 5 nitrogen and oxygen atoms in total. The molecule has 1 saturated heterocycles. The van der Waals surface area contributed by atoms with Gasteiger partial charge in [-0.15, -0.1) is 0 Å². The molecule has 25 heavy (non-hydrogen) atoms. The lowest BCUT2D eigenvalue weighted by molar-refractivity contribution is -0.141. The number of hydrogen-bond acceptors (Lipinski definition) is 3. The van der Waals surface area contributed by atoms with Crippen molar-refractivity contribution in [2.24, 2.45) is 5.92 Å². The largest absolute Gasteiger partial charge is 0.491 e. The summed E-state index contributed by atoms with van der Waals surface area (Å²) in [5, 5.41) is 9.14. The zero-order valence-electron chi connectivity index (χ0n) is 13.9. The van der Waals surface area contributed by atoms with Crippen LogP contribution in [-0.2, 0) is 16.0 Å². The second-order valence-corrected chi connectivity index (χ2v) is 6.15. The Morgan fingerprint density at radius 1 is 1.12 bits per heavy atom. The smallest absolute Gasteiger partial charge is 0.308 e. The number of rotatable bonds is 7. The van der Waals surface area contributed by atoms with E-state index in [1.165, 1.54) is 10.5 Å². The minimum absolute atomic E-state index is 0.0394. The van der Waals surface area contributed by atoms with Gasteiger partial charge in [0.05, 0.1) is 18.2 Å². The van der Waals surface area contributed by atoms with Gasteiger partial charge in [-0.25, -0.2) is 0 Å². The maximum atomic E-state index is 12.2. The van der Waals surface area contributed by atoms with E-state index in [9.17, 15) is 9.59 Å². The molecule has 1 heterocycles. The summed E-state index contributed by atoms with van der Waals surface area (Å²) in [4.78, 5) is 24.8. The Hall–Kier alpha value is -2.82. The van der Waals surface area contributed by atoms with Gasteiger partial charge in [-0.2, -0.15) is 0 Å². The number of aryl methyl sites for hydroxylation is 1. The van der Waals surface area contributed by atoms with Crippen molar-refractivity contribution in [1.82, 2.24) is 0 Å². The lowest BCUT2D eigenvalue weighted by Crippen LogP contribution is -2.26. The number of amides is 1. The average Bonchev–Trinajstić information content (AvgIpc) is 3.02. The van der Waals surface area contributed by atoms with E-state index in [-0.39, 0.29) is 18.9 Å². The molecular formula is C20H21NO4. The van der Waals surface area contributed by atoms with Gasteiger partial charge in [-0.3, -0.25) is 9.59 Å². The second-order valence-electron chi connectivity index (χ2n) is 6.15. The molecule has 2 aromatic rings. The Morgan fingerprint density at radius 2 is 1.84 bits per heavy atom. The molecule has 0 radical (unpaired) electrons. The third kappa shape index (κ3) is 4.18. The second kappa shape index (κ2) is 7.83. The summed E-state index contributed by atoms with van der Waals surface area (Å²) in [6.07, 6.45) is 1.83. The predicted molar refractivity (Wildman–Crippen MR) is 94.8 cm³/mol. The molecule has 1 aliphatic heterocycles. The standard InChI is InChI=1S/C20H21NO4/c22-19-13-16(20(23)24)14-21(19)17-10-4-5-11-18(17)25-12-6-9-15-7-2-1-3-8-15/h1-5,7-8,10-11,16H,6,9,12-14H2,(H,23,24). The third-order valence-electron chi connectivity index (χ3n) is 4.34. The molecule has 1 amide bonds. The summed E-state index contributed by atoms with van der Waals surface area (Å²) in [5.74, 6) is -1.14. The zero-order valence-corrected chi connectivity index (χ0v) is 13.9. The van der Waals surface area contributed by atoms with Crippen molar-refractivity contribution in [3.05, 3.63) is 60.2 Å². The van der Waals surface area contributed by atoms with Crippen LogP contribution in [0.15, 0.2) is 54.6 Å². The van der Waals surface area contributed by atoms with E-state index in [0.717, 1.165) is 12.8 Å². The molecule has 1 fully saturated rings. The fourth-order valence-electron chi connectivity index (χ4n) is 3.01. The number of para-hydroxylation sites is 2. The van der Waals surface area contributed by atoms with E-state index in [1.54, 1.807) is 6.07 Å². The summed E-state index contributed by atoms with van der Waals surface area (Å²) in [6, 6.07) is 17.5. The van der Waals surface area contributed by atoms with Crippen molar-refractivity contribution in [1.29, 1.82) is 0 Å². The Bertz CT molecular complexity index is 744. The van der Waals surface area contributed by atoms with E-state index in [1.807, 2.05) is 36.4 Å². The molecular weight excluding hydrogens is 318 g/mol. The highest BCUT2D eigenvalue weighted by Crippen LogP contribution is 2.33. The first kappa shape index (κ1) is 17.0. The Balaban J connectivity index is 1.61. The number of ether oxygens (including phenoxy) is 1. The highest BCUT2D eigenvalue weighted by atomic mass is 16.5. The van der Waals surface area contributed by atoms with Crippen LogP contribution in [0.1, 0.15) is 18.4 Å². The maximum Gasteiger partial charge on any atom is 0.308 e. The first-order valence-electron chi connectivity index (χ1n) is 8.44. The number of carboxylic acids is 1. The van der Waals surface area contributed by atoms with Crippen molar-refractivity contribution in [2.45, 2.75) is 19.3 Å². The van der Waals surface area contributed by atoms with E-state index in [0.29, 0.717) is 18.0 Å². The van der Waals surface area contributed by atoms with Crippen molar-refractivity contribution in [3.63, 3.8) is 0 Å². The SMILES string of the molecule is O=C(O)C1CC(=O)N(c2ccccc2OCCCc2ccccc2)C1. The summed E-state index contributed by atoms with van der Waals surface area (Å²) in [6.45, 7) is 0.731. The van der Waals surface area contributed by atoms with Crippen LogP contribution in [0.3, 0.4) is 0 Å². The molecule has 2 aromatic carbocycles. The Kier molecular flexibility index (Phi) is 5.33. The van der Waals surface area contributed by atoms with Crippen molar-refractivity contribution >= 4 is 17.6 Å². The number of anilines is 1. The molecule has 0 aliphatic carbocycles. The molecule has 0 bridgehead atoms. The van der Waals surface area contributed by atoms with Crippen LogP contribution >= 0.6 is 0 Å². The molecule has 0 aromatic heterocycles. The molecule has 5 heteroatoms. The molecule has 1 atom stereocenters. The summed E-state index contributed by atoms with van der Waals surface area (Å²) in [5.41, 5.74) is 1.91. The number of nitrogens with zero attached hydrogens (tertiary/aromatic N) is 1.